The van der Waals surface area contributed by atoms with Gasteiger partial charge < -0.3 is 4.57 Å². The lowest BCUT2D eigenvalue weighted by molar-refractivity contribution is 0.592. The van der Waals surface area contributed by atoms with Crippen LogP contribution in [0, 0.1) is 0 Å². The van der Waals surface area contributed by atoms with E-state index >= 15 is 0 Å². The average Bonchev–Trinajstić information content (AvgIpc) is 2.58. The van der Waals surface area contributed by atoms with Crippen molar-refractivity contribution in [2.45, 2.75) is 0 Å². The molecule has 110 valence electrons. The summed E-state index contributed by atoms with van der Waals surface area (Å²) in [7, 11) is -3.06. The first-order chi connectivity index (χ1) is 10.6. The van der Waals surface area contributed by atoms with Gasteiger partial charge in [-0.15, -0.1) is 0 Å². The summed E-state index contributed by atoms with van der Waals surface area (Å²) < 4.78 is 14.0. The van der Waals surface area contributed by atoms with Gasteiger partial charge in [0, 0.05) is 20.9 Å². The van der Waals surface area contributed by atoms with Crippen molar-refractivity contribution < 1.29 is 4.57 Å². The lowest BCUT2D eigenvalue weighted by atomic mass is 10.3. The largest absolute Gasteiger partial charge is 0.309 e. The molecule has 3 rings (SSSR count). The van der Waals surface area contributed by atoms with E-state index in [0.29, 0.717) is 15.3 Å². The highest BCUT2D eigenvalue weighted by Gasteiger charge is 2.31. The van der Waals surface area contributed by atoms with Crippen LogP contribution in [0.15, 0.2) is 78.9 Å². The van der Waals surface area contributed by atoms with Gasteiger partial charge in [-0.1, -0.05) is 83.9 Å². The molecule has 0 N–H and O–H groups in total. The summed E-state index contributed by atoms with van der Waals surface area (Å²) in [6, 6.07) is 23.9. The van der Waals surface area contributed by atoms with Crippen LogP contribution < -0.4 is 15.9 Å². The maximum absolute atomic E-state index is 14.0. The molecule has 0 saturated carbocycles. The summed E-state index contributed by atoms with van der Waals surface area (Å²) in [6.45, 7) is 0. The van der Waals surface area contributed by atoms with Crippen LogP contribution in [0.25, 0.3) is 0 Å². The van der Waals surface area contributed by atoms with E-state index in [9.17, 15) is 4.57 Å². The van der Waals surface area contributed by atoms with Crippen LogP contribution in [0.2, 0.25) is 10.0 Å². The average molecular weight is 347 g/mol. The van der Waals surface area contributed by atoms with Crippen LogP contribution in [0.1, 0.15) is 0 Å². The molecular formula is C18H13Cl2OP. The number of hydrogen-bond acceptors (Lipinski definition) is 1. The van der Waals surface area contributed by atoms with Crippen LogP contribution in [0.4, 0.5) is 0 Å². The van der Waals surface area contributed by atoms with Crippen LogP contribution in [-0.4, -0.2) is 0 Å². The minimum absolute atomic E-state index is 0.459. The van der Waals surface area contributed by atoms with E-state index < -0.39 is 7.14 Å². The van der Waals surface area contributed by atoms with E-state index in [1.54, 1.807) is 18.2 Å². The molecule has 0 fully saturated rings. The first-order valence-electron chi connectivity index (χ1n) is 6.79. The topological polar surface area (TPSA) is 17.1 Å². The zero-order valence-electron chi connectivity index (χ0n) is 11.6. The SMILES string of the molecule is O=P(c1ccccc1)(c1ccccc1)c1cc(Cl)ccc1Cl. The van der Waals surface area contributed by atoms with Gasteiger partial charge in [-0.25, -0.2) is 0 Å². The van der Waals surface area contributed by atoms with Gasteiger partial charge in [0.2, 0.25) is 0 Å². The Hall–Kier alpha value is -1.53. The van der Waals surface area contributed by atoms with Crippen LogP contribution >= 0.6 is 30.3 Å². The van der Waals surface area contributed by atoms with Crippen molar-refractivity contribution >= 4 is 46.3 Å². The van der Waals surface area contributed by atoms with Gasteiger partial charge in [-0.2, -0.15) is 0 Å². The third-order valence-electron chi connectivity index (χ3n) is 3.49. The van der Waals surface area contributed by atoms with Crippen LogP contribution in [-0.2, 0) is 4.57 Å². The molecule has 0 aromatic heterocycles. The Bertz CT molecular complexity index is 789. The molecule has 0 saturated heterocycles. The van der Waals surface area contributed by atoms with E-state index in [1.807, 2.05) is 60.7 Å². The van der Waals surface area contributed by atoms with Crippen LogP contribution in [0.5, 0.6) is 0 Å². The second-order valence-electron chi connectivity index (χ2n) is 4.88. The minimum atomic E-state index is -3.06. The van der Waals surface area contributed by atoms with Gasteiger partial charge in [0.1, 0.15) is 0 Å². The van der Waals surface area contributed by atoms with E-state index in [-0.39, 0.29) is 0 Å². The molecule has 0 radical (unpaired) electrons. The fourth-order valence-electron chi connectivity index (χ4n) is 2.43. The Labute approximate surface area is 139 Å². The Balaban J connectivity index is 2.34. The van der Waals surface area contributed by atoms with Gasteiger partial charge in [0.25, 0.3) is 0 Å². The molecule has 0 bridgehead atoms. The lowest BCUT2D eigenvalue weighted by Crippen LogP contribution is -2.25. The van der Waals surface area contributed by atoms with Crippen molar-refractivity contribution in [3.63, 3.8) is 0 Å². The third-order valence-corrected chi connectivity index (χ3v) is 7.28. The number of hydrogen-bond donors (Lipinski definition) is 0. The Morgan fingerprint density at radius 1 is 0.682 bits per heavy atom. The standard InChI is InChI=1S/C18H13Cl2OP/c19-14-11-12-17(20)18(13-14)22(21,15-7-3-1-4-8-15)16-9-5-2-6-10-16/h1-13H. The molecule has 22 heavy (non-hydrogen) atoms. The maximum atomic E-state index is 14.0. The summed E-state index contributed by atoms with van der Waals surface area (Å²) >= 11 is 12.5. The monoisotopic (exact) mass is 346 g/mol. The zero-order chi connectivity index (χ0) is 15.6. The number of halogens is 2. The molecule has 4 heteroatoms. The minimum Gasteiger partial charge on any atom is -0.309 e. The predicted molar refractivity (Wildman–Crippen MR) is 95.9 cm³/mol. The lowest BCUT2D eigenvalue weighted by Gasteiger charge is -2.21. The quantitative estimate of drug-likeness (QED) is 0.631. The summed E-state index contributed by atoms with van der Waals surface area (Å²) in [4.78, 5) is 0. The van der Waals surface area contributed by atoms with E-state index in [4.69, 9.17) is 23.2 Å². The van der Waals surface area contributed by atoms with Crippen LogP contribution in [0.3, 0.4) is 0 Å². The summed E-state index contributed by atoms with van der Waals surface area (Å²) in [5, 5.41) is 3.03. The van der Waals surface area contributed by atoms with Crippen molar-refractivity contribution in [2.24, 2.45) is 0 Å². The highest BCUT2D eigenvalue weighted by Crippen LogP contribution is 2.44. The maximum Gasteiger partial charge on any atom is 0.172 e. The van der Waals surface area contributed by atoms with E-state index in [2.05, 4.69) is 0 Å². The molecule has 0 unspecified atom stereocenters. The summed E-state index contributed by atoms with van der Waals surface area (Å²) in [5.74, 6) is 0. The normalized spacial score (nSPS) is 11.4. The molecule has 0 aliphatic heterocycles. The summed E-state index contributed by atoms with van der Waals surface area (Å²) in [6.07, 6.45) is 0. The highest BCUT2D eigenvalue weighted by molar-refractivity contribution is 7.85. The Morgan fingerprint density at radius 2 is 1.18 bits per heavy atom. The molecule has 0 aliphatic rings. The molecule has 1 nitrogen and oxygen atoms in total. The number of rotatable bonds is 3. The highest BCUT2D eigenvalue weighted by atomic mass is 35.5. The first kappa shape index (κ1) is 15.4. The zero-order valence-corrected chi connectivity index (χ0v) is 14.0. The predicted octanol–water partition coefficient (Wildman–Crippen LogP) is 4.63. The van der Waals surface area contributed by atoms with Gasteiger partial charge in [-0.3, -0.25) is 0 Å². The fraction of sp³-hybridized carbons (Fsp3) is 0. The summed E-state index contributed by atoms with van der Waals surface area (Å²) in [5.41, 5.74) is 0. The second-order valence-corrected chi connectivity index (χ2v) is 8.45. The van der Waals surface area contributed by atoms with Crippen molar-refractivity contribution in [3.05, 3.63) is 88.9 Å². The molecule has 0 amide bonds. The smallest absolute Gasteiger partial charge is 0.172 e. The molecule has 0 spiro atoms. The second kappa shape index (κ2) is 6.30. The van der Waals surface area contributed by atoms with Gasteiger partial charge in [-0.05, 0) is 18.2 Å². The van der Waals surface area contributed by atoms with Crippen molar-refractivity contribution in [1.29, 1.82) is 0 Å². The molecule has 3 aromatic carbocycles. The molecule has 0 aliphatic carbocycles. The van der Waals surface area contributed by atoms with Gasteiger partial charge in [0.05, 0.1) is 5.02 Å². The first-order valence-corrected chi connectivity index (χ1v) is 9.25. The van der Waals surface area contributed by atoms with E-state index in [0.717, 1.165) is 10.6 Å². The molecule has 3 aromatic rings. The van der Waals surface area contributed by atoms with E-state index in [1.165, 1.54) is 0 Å². The Morgan fingerprint density at radius 3 is 1.68 bits per heavy atom. The third kappa shape index (κ3) is 2.73. The molecule has 0 atom stereocenters. The Kier molecular flexibility index (Phi) is 4.40. The van der Waals surface area contributed by atoms with Crippen molar-refractivity contribution in [1.82, 2.24) is 0 Å². The van der Waals surface area contributed by atoms with Crippen molar-refractivity contribution in [3.8, 4) is 0 Å². The van der Waals surface area contributed by atoms with Crippen molar-refractivity contribution in [2.75, 3.05) is 0 Å². The number of benzene rings is 3. The fourth-order valence-corrected chi connectivity index (χ4v) is 5.89. The molecular weight excluding hydrogens is 334 g/mol. The van der Waals surface area contributed by atoms with Gasteiger partial charge >= 0.3 is 0 Å². The molecule has 0 heterocycles. The van der Waals surface area contributed by atoms with Gasteiger partial charge in [0.15, 0.2) is 7.14 Å².